The lowest BCUT2D eigenvalue weighted by Gasteiger charge is -2.10. The number of hydrogen-bond donors (Lipinski definition) is 1. The molecular formula is C21H11Br2F3NO3S. The molecule has 0 saturated carbocycles. The summed E-state index contributed by atoms with van der Waals surface area (Å²) in [6.07, 6.45) is -3.24. The number of aromatic nitrogens is 1. The molecule has 0 unspecified atom stereocenters. The van der Waals surface area contributed by atoms with Crippen LogP contribution in [0.3, 0.4) is 0 Å². The molecule has 1 aromatic heterocycles. The standard InChI is InChI=1S/C21H11Br2F3NO3S/c22-16-2-1-3-17(23)20(16)30-13-6-9-18-15(10-13)19(11-27-18)31(28,29)14-7-4-12(5-8-14)21(24,25)26/h2-11,27H. The molecule has 1 heterocycles. The number of halogens is 5. The van der Waals surface area contributed by atoms with E-state index in [1.165, 1.54) is 6.20 Å². The van der Waals surface area contributed by atoms with Gasteiger partial charge in [0.25, 0.3) is 0 Å². The van der Waals surface area contributed by atoms with Crippen molar-refractivity contribution < 1.29 is 26.3 Å². The molecule has 1 radical (unpaired) electrons. The molecule has 0 spiro atoms. The van der Waals surface area contributed by atoms with E-state index < -0.39 is 21.6 Å². The Morgan fingerprint density at radius 2 is 1.61 bits per heavy atom. The van der Waals surface area contributed by atoms with Gasteiger partial charge in [-0.25, -0.2) is 8.42 Å². The fourth-order valence-corrected chi connectivity index (χ4v) is 5.50. The number of alkyl halides is 3. The van der Waals surface area contributed by atoms with Crippen molar-refractivity contribution in [3.05, 3.63) is 81.4 Å². The molecule has 0 aliphatic rings. The van der Waals surface area contributed by atoms with Crippen molar-refractivity contribution in [1.82, 2.24) is 4.98 Å². The Kier molecular flexibility index (Phi) is 5.65. The van der Waals surface area contributed by atoms with Crippen LogP contribution in [0.25, 0.3) is 10.9 Å². The summed E-state index contributed by atoms with van der Waals surface area (Å²) in [6, 6.07) is 14.5. The van der Waals surface area contributed by atoms with Gasteiger partial charge in [0.15, 0.2) is 5.75 Å². The van der Waals surface area contributed by atoms with Gasteiger partial charge in [0.05, 0.1) is 24.3 Å². The van der Waals surface area contributed by atoms with Gasteiger partial charge >= 0.3 is 6.18 Å². The zero-order valence-electron chi connectivity index (χ0n) is 15.3. The third-order valence-corrected chi connectivity index (χ3v) is 7.46. The van der Waals surface area contributed by atoms with Gasteiger partial charge in [-0.3, -0.25) is 0 Å². The molecule has 0 fully saturated rings. The van der Waals surface area contributed by atoms with Crippen LogP contribution in [0.5, 0.6) is 11.5 Å². The van der Waals surface area contributed by atoms with Crippen LogP contribution in [0.2, 0.25) is 0 Å². The van der Waals surface area contributed by atoms with Crippen LogP contribution in [-0.4, -0.2) is 13.4 Å². The Balaban J connectivity index is 1.75. The highest BCUT2D eigenvalue weighted by atomic mass is 79.9. The Hall–Kier alpha value is -2.30. The fraction of sp³-hybridized carbons (Fsp3) is 0.0476. The first-order valence-corrected chi connectivity index (χ1v) is 11.7. The number of nitrogens with one attached hydrogen (secondary N) is 1. The number of hydrogen-bond acceptors (Lipinski definition) is 3. The lowest BCUT2D eigenvalue weighted by molar-refractivity contribution is -0.137. The fourth-order valence-electron chi connectivity index (χ4n) is 2.96. The Bertz CT molecular complexity index is 1360. The molecule has 159 valence electrons. The van der Waals surface area contributed by atoms with Gasteiger partial charge in [-0.1, -0.05) is 0 Å². The molecule has 3 aromatic carbocycles. The Morgan fingerprint density at radius 3 is 2.23 bits per heavy atom. The summed E-state index contributed by atoms with van der Waals surface area (Å²) < 4.78 is 71.8. The van der Waals surface area contributed by atoms with Gasteiger partial charge in [0.1, 0.15) is 5.75 Å². The molecule has 1 N–H and O–H groups in total. The molecule has 0 aliphatic carbocycles. The van der Waals surface area contributed by atoms with Gasteiger partial charge in [0, 0.05) is 17.1 Å². The smallest absolute Gasteiger partial charge is 0.416 e. The zero-order valence-corrected chi connectivity index (χ0v) is 19.3. The van der Waals surface area contributed by atoms with Crippen LogP contribution in [0.15, 0.2) is 79.5 Å². The van der Waals surface area contributed by atoms with E-state index in [-0.39, 0.29) is 9.79 Å². The highest BCUT2D eigenvalue weighted by molar-refractivity contribution is 9.11. The number of benzene rings is 3. The summed E-state index contributed by atoms with van der Waals surface area (Å²) in [6.45, 7) is 0. The summed E-state index contributed by atoms with van der Waals surface area (Å²) in [5.41, 5.74) is -0.380. The summed E-state index contributed by atoms with van der Waals surface area (Å²) >= 11 is 6.75. The number of fused-ring (bicyclic) bond motifs is 1. The monoisotopic (exact) mass is 572 g/mol. The van der Waals surface area contributed by atoms with Crippen LogP contribution >= 0.6 is 31.9 Å². The molecule has 10 heteroatoms. The molecule has 4 rings (SSSR count). The van der Waals surface area contributed by atoms with Gasteiger partial charge in [-0.15, -0.1) is 0 Å². The van der Waals surface area contributed by atoms with E-state index >= 15 is 0 Å². The average molecular weight is 574 g/mol. The first-order chi connectivity index (χ1) is 14.6. The minimum Gasteiger partial charge on any atom is -0.455 e. The van der Waals surface area contributed by atoms with E-state index in [0.717, 1.165) is 24.3 Å². The van der Waals surface area contributed by atoms with Crippen molar-refractivity contribution in [2.45, 2.75) is 16.0 Å². The summed E-state index contributed by atoms with van der Waals surface area (Å²) in [5.74, 6) is 0.865. The van der Waals surface area contributed by atoms with Crippen LogP contribution in [-0.2, 0) is 16.0 Å². The minimum absolute atomic E-state index is 0.0627. The van der Waals surface area contributed by atoms with E-state index in [1.807, 2.05) is 0 Å². The normalized spacial score (nSPS) is 12.3. The predicted octanol–water partition coefficient (Wildman–Crippen LogP) is 7.14. The maximum absolute atomic E-state index is 13.1. The quantitative estimate of drug-likeness (QED) is 0.282. The molecule has 4 nitrogen and oxygen atoms in total. The van der Waals surface area contributed by atoms with Gasteiger partial charge in [-0.05, 0) is 92.5 Å². The molecule has 0 bridgehead atoms. The van der Waals surface area contributed by atoms with Crippen LogP contribution < -0.4 is 4.74 Å². The van der Waals surface area contributed by atoms with E-state index in [1.54, 1.807) is 30.3 Å². The lowest BCUT2D eigenvalue weighted by Crippen LogP contribution is -2.06. The molecular weight excluding hydrogens is 563 g/mol. The van der Waals surface area contributed by atoms with Crippen molar-refractivity contribution in [1.29, 1.82) is 0 Å². The average Bonchev–Trinajstić information content (AvgIpc) is 3.14. The van der Waals surface area contributed by atoms with Gasteiger partial charge in [-0.2, -0.15) is 13.2 Å². The van der Waals surface area contributed by atoms with E-state index in [2.05, 4.69) is 42.9 Å². The highest BCUT2D eigenvalue weighted by Gasteiger charge is 2.31. The van der Waals surface area contributed by atoms with Crippen LogP contribution in [0, 0.1) is 6.07 Å². The number of sulfone groups is 1. The zero-order chi connectivity index (χ0) is 22.4. The number of H-pyrrole nitrogens is 1. The molecule has 0 aliphatic heterocycles. The second-order valence-corrected chi connectivity index (χ2v) is 10.1. The van der Waals surface area contributed by atoms with E-state index in [4.69, 9.17) is 4.74 Å². The first kappa shape index (κ1) is 21.9. The number of rotatable bonds is 4. The SMILES string of the molecule is O=S(=O)(c1ccc(C(F)(F)F)cc1)c1c[nH]c2ccc(Oc3c(Br)c[c]cc3Br)cc12. The Labute approximate surface area is 192 Å². The van der Waals surface area contributed by atoms with E-state index in [9.17, 15) is 21.6 Å². The number of aromatic amines is 1. The summed E-state index contributed by atoms with van der Waals surface area (Å²) in [5, 5.41) is 0.354. The topological polar surface area (TPSA) is 59.2 Å². The highest BCUT2D eigenvalue weighted by Crippen LogP contribution is 2.38. The summed E-state index contributed by atoms with van der Waals surface area (Å²) in [4.78, 5) is 2.57. The maximum Gasteiger partial charge on any atom is 0.416 e. The third-order valence-electron chi connectivity index (χ3n) is 4.47. The molecule has 0 saturated heterocycles. The summed E-state index contributed by atoms with van der Waals surface area (Å²) in [7, 11) is -4.07. The lowest BCUT2D eigenvalue weighted by atomic mass is 10.2. The second-order valence-electron chi connectivity index (χ2n) is 6.47. The van der Waals surface area contributed by atoms with Crippen molar-refractivity contribution in [2.24, 2.45) is 0 Å². The molecule has 0 atom stereocenters. The number of ether oxygens (including phenoxy) is 1. The van der Waals surface area contributed by atoms with Gasteiger partial charge in [0.2, 0.25) is 9.84 Å². The van der Waals surface area contributed by atoms with Gasteiger partial charge < -0.3 is 9.72 Å². The minimum atomic E-state index is -4.55. The predicted molar refractivity (Wildman–Crippen MR) is 116 cm³/mol. The van der Waals surface area contributed by atoms with Crippen molar-refractivity contribution in [3.8, 4) is 11.5 Å². The van der Waals surface area contributed by atoms with Crippen molar-refractivity contribution >= 4 is 52.6 Å². The molecule has 0 amide bonds. The largest absolute Gasteiger partial charge is 0.455 e. The van der Waals surface area contributed by atoms with Crippen LogP contribution in [0.4, 0.5) is 13.2 Å². The first-order valence-electron chi connectivity index (χ1n) is 8.64. The van der Waals surface area contributed by atoms with E-state index in [0.29, 0.717) is 31.3 Å². The third kappa shape index (κ3) is 4.24. The van der Waals surface area contributed by atoms with Crippen molar-refractivity contribution in [2.75, 3.05) is 0 Å². The van der Waals surface area contributed by atoms with Crippen molar-refractivity contribution in [3.63, 3.8) is 0 Å². The maximum atomic E-state index is 13.1. The molecule has 4 aromatic rings. The second kappa shape index (κ2) is 7.99. The Morgan fingerprint density at radius 1 is 0.968 bits per heavy atom. The van der Waals surface area contributed by atoms with Crippen LogP contribution in [0.1, 0.15) is 5.56 Å². The molecule has 31 heavy (non-hydrogen) atoms.